The summed E-state index contributed by atoms with van der Waals surface area (Å²) < 4.78 is 27.9. The first kappa shape index (κ1) is 15.3. The number of benzene rings is 1. The summed E-state index contributed by atoms with van der Waals surface area (Å²) in [6, 6.07) is 5.66. The van der Waals surface area contributed by atoms with E-state index in [4.69, 9.17) is 15.4 Å². The molecule has 0 saturated carbocycles. The van der Waals surface area contributed by atoms with Gasteiger partial charge >= 0.3 is 0 Å². The second kappa shape index (κ2) is 6.56. The van der Waals surface area contributed by atoms with Crippen LogP contribution in [-0.2, 0) is 13.8 Å². The minimum Gasteiger partial charge on any atom is -0.378 e. The molecule has 1 N–H and O–H groups in total. The van der Waals surface area contributed by atoms with Crippen LogP contribution in [0.4, 0.5) is 0 Å². The van der Waals surface area contributed by atoms with Crippen LogP contribution in [0.15, 0.2) is 29.2 Å². The van der Waals surface area contributed by atoms with Gasteiger partial charge in [-0.15, -0.1) is 0 Å². The third-order valence-electron chi connectivity index (χ3n) is 3.15. The van der Waals surface area contributed by atoms with Gasteiger partial charge in [-0.2, -0.15) is 0 Å². The van der Waals surface area contributed by atoms with E-state index in [9.17, 15) is 13.2 Å². The zero-order chi connectivity index (χ0) is 14.6. The average Bonchev–Trinajstić information content (AvgIpc) is 2.91. The molecular weight excluding hydrogens is 302 g/mol. The second-order valence-electron chi connectivity index (χ2n) is 4.65. The van der Waals surface area contributed by atoms with Crippen molar-refractivity contribution in [2.24, 2.45) is 0 Å². The molecule has 1 aromatic rings. The van der Waals surface area contributed by atoms with Gasteiger partial charge in [0.15, 0.2) is 0 Å². The number of carbonyl (C=O) groups excluding carboxylic acids is 1. The molecular formula is C13H16ClNO4S. The fraction of sp³-hybridized carbons (Fsp3) is 0.462. The number of amides is 1. The predicted octanol–water partition coefficient (Wildman–Crippen LogP) is 1.91. The zero-order valence-electron chi connectivity index (χ0n) is 10.8. The van der Waals surface area contributed by atoms with Crippen LogP contribution in [0.2, 0.25) is 0 Å². The lowest BCUT2D eigenvalue weighted by atomic mass is 10.1. The van der Waals surface area contributed by atoms with Gasteiger partial charge in [0.2, 0.25) is 0 Å². The summed E-state index contributed by atoms with van der Waals surface area (Å²) in [5.41, 5.74) is 0.277. The maximum Gasteiger partial charge on any atom is 0.261 e. The molecule has 0 radical (unpaired) electrons. The van der Waals surface area contributed by atoms with Crippen molar-refractivity contribution in [3.63, 3.8) is 0 Å². The Balaban J connectivity index is 1.92. The molecule has 1 unspecified atom stereocenters. The van der Waals surface area contributed by atoms with Gasteiger partial charge < -0.3 is 10.1 Å². The molecule has 1 aromatic carbocycles. The Morgan fingerprint density at radius 1 is 1.45 bits per heavy atom. The van der Waals surface area contributed by atoms with Gasteiger partial charge in [0.1, 0.15) is 0 Å². The Labute approximate surface area is 122 Å². The monoisotopic (exact) mass is 317 g/mol. The molecule has 0 aliphatic carbocycles. The lowest BCUT2D eigenvalue weighted by molar-refractivity contribution is 0.0907. The van der Waals surface area contributed by atoms with Crippen LogP contribution in [0, 0.1) is 0 Å². The summed E-state index contributed by atoms with van der Waals surface area (Å²) in [6.07, 6.45) is 3.06. The Morgan fingerprint density at radius 3 is 2.90 bits per heavy atom. The summed E-state index contributed by atoms with van der Waals surface area (Å²) in [5, 5.41) is 2.75. The highest BCUT2D eigenvalue weighted by atomic mass is 35.7. The van der Waals surface area contributed by atoms with Crippen LogP contribution in [0.25, 0.3) is 0 Å². The molecule has 0 spiro atoms. The van der Waals surface area contributed by atoms with Crippen molar-refractivity contribution >= 4 is 25.6 Å². The van der Waals surface area contributed by atoms with Crippen molar-refractivity contribution < 1.29 is 17.9 Å². The van der Waals surface area contributed by atoms with Crippen LogP contribution < -0.4 is 5.32 Å². The molecule has 2 rings (SSSR count). The quantitative estimate of drug-likeness (QED) is 0.842. The lowest BCUT2D eigenvalue weighted by Gasteiger charge is -2.10. The van der Waals surface area contributed by atoms with E-state index in [1.807, 2.05) is 0 Å². The zero-order valence-corrected chi connectivity index (χ0v) is 12.4. The molecule has 1 fully saturated rings. The van der Waals surface area contributed by atoms with Crippen LogP contribution in [0.1, 0.15) is 29.6 Å². The van der Waals surface area contributed by atoms with Gasteiger partial charge in [0.05, 0.1) is 11.0 Å². The highest BCUT2D eigenvalue weighted by Crippen LogP contribution is 2.17. The van der Waals surface area contributed by atoms with E-state index in [1.54, 1.807) is 6.07 Å². The fourth-order valence-corrected chi connectivity index (χ4v) is 2.91. The SMILES string of the molecule is O=C(NCCC1CCCO1)c1cccc(S(=O)(=O)Cl)c1. The minimum atomic E-state index is -3.82. The summed E-state index contributed by atoms with van der Waals surface area (Å²) in [6.45, 7) is 1.29. The van der Waals surface area contributed by atoms with Crippen LogP contribution in [0.3, 0.4) is 0 Å². The Kier molecular flexibility index (Phi) is 5.01. The Morgan fingerprint density at radius 2 is 2.25 bits per heavy atom. The van der Waals surface area contributed by atoms with Gasteiger partial charge in [-0.25, -0.2) is 8.42 Å². The van der Waals surface area contributed by atoms with E-state index in [0.29, 0.717) is 6.54 Å². The maximum atomic E-state index is 11.9. The van der Waals surface area contributed by atoms with Gasteiger partial charge in [-0.1, -0.05) is 6.07 Å². The normalized spacial score (nSPS) is 18.9. The average molecular weight is 318 g/mol. The molecule has 1 aliphatic heterocycles. The van der Waals surface area contributed by atoms with Crippen LogP contribution in [-0.4, -0.2) is 33.6 Å². The maximum absolute atomic E-state index is 11.9. The first-order valence-corrected chi connectivity index (χ1v) is 8.72. The van der Waals surface area contributed by atoms with E-state index >= 15 is 0 Å². The fourth-order valence-electron chi connectivity index (χ4n) is 2.11. The second-order valence-corrected chi connectivity index (χ2v) is 7.21. The van der Waals surface area contributed by atoms with Gasteiger partial charge in [-0.05, 0) is 37.5 Å². The van der Waals surface area contributed by atoms with Gasteiger partial charge in [0, 0.05) is 29.4 Å². The summed E-state index contributed by atoms with van der Waals surface area (Å²) in [4.78, 5) is 11.8. The largest absolute Gasteiger partial charge is 0.378 e. The molecule has 110 valence electrons. The van der Waals surface area contributed by atoms with E-state index in [2.05, 4.69) is 5.32 Å². The Bertz CT molecular complexity index is 582. The first-order chi connectivity index (χ1) is 9.47. The minimum absolute atomic E-state index is 0.0778. The molecule has 20 heavy (non-hydrogen) atoms. The van der Waals surface area contributed by atoms with E-state index in [1.165, 1.54) is 18.2 Å². The molecule has 7 heteroatoms. The molecule has 1 aliphatic rings. The molecule has 0 aromatic heterocycles. The third-order valence-corrected chi connectivity index (χ3v) is 4.51. The van der Waals surface area contributed by atoms with Crippen molar-refractivity contribution in [3.05, 3.63) is 29.8 Å². The molecule has 0 bridgehead atoms. The highest BCUT2D eigenvalue weighted by Gasteiger charge is 2.16. The smallest absolute Gasteiger partial charge is 0.261 e. The van der Waals surface area contributed by atoms with Crippen LogP contribution in [0.5, 0.6) is 0 Å². The third kappa shape index (κ3) is 4.19. The number of rotatable bonds is 5. The number of hydrogen-bond acceptors (Lipinski definition) is 4. The van der Waals surface area contributed by atoms with E-state index in [-0.39, 0.29) is 22.5 Å². The number of nitrogens with one attached hydrogen (secondary N) is 1. The van der Waals surface area contributed by atoms with Crippen molar-refractivity contribution in [2.75, 3.05) is 13.2 Å². The van der Waals surface area contributed by atoms with Crippen LogP contribution >= 0.6 is 10.7 Å². The molecule has 1 saturated heterocycles. The van der Waals surface area contributed by atoms with Crippen molar-refractivity contribution in [1.29, 1.82) is 0 Å². The van der Waals surface area contributed by atoms with E-state index in [0.717, 1.165) is 25.9 Å². The number of carbonyl (C=O) groups is 1. The predicted molar refractivity (Wildman–Crippen MR) is 75.4 cm³/mol. The van der Waals surface area contributed by atoms with Gasteiger partial charge in [0.25, 0.3) is 15.0 Å². The number of hydrogen-bond donors (Lipinski definition) is 1. The first-order valence-electron chi connectivity index (χ1n) is 6.41. The number of ether oxygens (including phenoxy) is 1. The molecule has 1 heterocycles. The summed E-state index contributed by atoms with van der Waals surface area (Å²) >= 11 is 0. The lowest BCUT2D eigenvalue weighted by Crippen LogP contribution is -2.27. The Hall–Kier alpha value is -1.11. The summed E-state index contributed by atoms with van der Waals surface area (Å²) in [7, 11) is 1.43. The number of halogens is 1. The van der Waals surface area contributed by atoms with E-state index < -0.39 is 9.05 Å². The van der Waals surface area contributed by atoms with Crippen molar-refractivity contribution in [2.45, 2.75) is 30.3 Å². The molecule has 1 amide bonds. The highest BCUT2D eigenvalue weighted by molar-refractivity contribution is 8.13. The topological polar surface area (TPSA) is 72.5 Å². The summed E-state index contributed by atoms with van der Waals surface area (Å²) in [5.74, 6) is -0.315. The molecule has 5 nitrogen and oxygen atoms in total. The molecule has 1 atom stereocenters. The van der Waals surface area contributed by atoms with Crippen molar-refractivity contribution in [1.82, 2.24) is 5.32 Å². The van der Waals surface area contributed by atoms with Crippen molar-refractivity contribution in [3.8, 4) is 0 Å². The van der Waals surface area contributed by atoms with Gasteiger partial charge in [-0.3, -0.25) is 4.79 Å². The standard InChI is InChI=1S/C13H16ClNO4S/c14-20(17,18)12-5-1-3-10(9-12)13(16)15-7-6-11-4-2-8-19-11/h1,3,5,9,11H,2,4,6-8H2,(H,15,16).